The van der Waals surface area contributed by atoms with Crippen LogP contribution >= 0.6 is 0 Å². The Bertz CT molecular complexity index is 100. The molecule has 2 nitrogen and oxygen atoms in total. The van der Waals surface area contributed by atoms with Gasteiger partial charge in [0.05, 0.1) is 0 Å². The predicted octanol–water partition coefficient (Wildman–Crippen LogP) is 1.78. The summed E-state index contributed by atoms with van der Waals surface area (Å²) in [4.78, 5) is 0. The van der Waals surface area contributed by atoms with Crippen LogP contribution in [-0.4, -0.2) is 12.1 Å². The normalized spacial score (nSPS) is 34.5. The summed E-state index contributed by atoms with van der Waals surface area (Å²) < 4.78 is 0. The van der Waals surface area contributed by atoms with Crippen molar-refractivity contribution in [2.45, 2.75) is 63.5 Å². The van der Waals surface area contributed by atoms with Gasteiger partial charge in [0, 0.05) is 12.1 Å². The lowest BCUT2D eigenvalue weighted by atomic mass is 9.95. The zero-order valence-electron chi connectivity index (χ0n) is 7.97. The molecule has 2 heteroatoms. The van der Waals surface area contributed by atoms with Crippen LogP contribution in [0.1, 0.15) is 51.4 Å². The lowest BCUT2D eigenvalue weighted by Crippen LogP contribution is -2.41. The highest BCUT2D eigenvalue weighted by molar-refractivity contribution is 4.76. The van der Waals surface area contributed by atoms with Gasteiger partial charge in [-0.3, -0.25) is 0 Å². The maximum atomic E-state index is 5.94. The molecule has 0 spiro atoms. The molecule has 0 amide bonds. The van der Waals surface area contributed by atoms with Gasteiger partial charge >= 0.3 is 0 Å². The van der Waals surface area contributed by atoms with Crippen molar-refractivity contribution in [1.29, 1.82) is 0 Å². The summed E-state index contributed by atoms with van der Waals surface area (Å²) in [6, 6.07) is 0.506. The van der Waals surface area contributed by atoms with E-state index in [9.17, 15) is 0 Å². The average molecular weight is 170 g/mol. The summed E-state index contributed by atoms with van der Waals surface area (Å²) in [5, 5.41) is 0. The van der Waals surface area contributed by atoms with Gasteiger partial charge in [0.15, 0.2) is 0 Å². The third-order valence-electron chi connectivity index (χ3n) is 2.87. The Morgan fingerprint density at radius 3 is 1.33 bits per heavy atom. The summed E-state index contributed by atoms with van der Waals surface area (Å²) in [5.41, 5.74) is 11.9. The smallest absolute Gasteiger partial charge is 0.0192 e. The van der Waals surface area contributed by atoms with Crippen LogP contribution in [0.25, 0.3) is 0 Å². The van der Waals surface area contributed by atoms with Gasteiger partial charge in [-0.15, -0.1) is 0 Å². The van der Waals surface area contributed by atoms with Crippen LogP contribution in [0.15, 0.2) is 0 Å². The Balaban J connectivity index is 2.26. The lowest BCUT2D eigenvalue weighted by Gasteiger charge is -2.20. The summed E-state index contributed by atoms with van der Waals surface area (Å²) in [5.74, 6) is 0. The standard InChI is InChI=1S/C10H22N2/c11-9-7-5-3-1-2-4-6-8-10(9)12/h9-10H,1-8,11-12H2. The molecular formula is C10H22N2. The first-order chi connectivity index (χ1) is 5.80. The van der Waals surface area contributed by atoms with E-state index in [2.05, 4.69) is 0 Å². The molecule has 4 N–H and O–H groups in total. The zero-order valence-corrected chi connectivity index (χ0v) is 7.97. The van der Waals surface area contributed by atoms with Crippen LogP contribution in [0.4, 0.5) is 0 Å². The number of rotatable bonds is 0. The Kier molecular flexibility index (Phi) is 4.62. The lowest BCUT2D eigenvalue weighted by molar-refractivity contribution is 0.413. The van der Waals surface area contributed by atoms with E-state index >= 15 is 0 Å². The quantitative estimate of drug-likeness (QED) is 0.582. The second kappa shape index (κ2) is 5.55. The van der Waals surface area contributed by atoms with Crippen molar-refractivity contribution in [3.63, 3.8) is 0 Å². The van der Waals surface area contributed by atoms with Gasteiger partial charge in [0.2, 0.25) is 0 Å². The molecule has 0 saturated heterocycles. The molecule has 72 valence electrons. The van der Waals surface area contributed by atoms with Gasteiger partial charge in [0.1, 0.15) is 0 Å². The zero-order chi connectivity index (χ0) is 8.81. The van der Waals surface area contributed by atoms with Crippen molar-refractivity contribution < 1.29 is 0 Å². The second-order valence-corrected chi connectivity index (χ2v) is 4.03. The summed E-state index contributed by atoms with van der Waals surface area (Å²) >= 11 is 0. The molecule has 0 aliphatic heterocycles. The largest absolute Gasteiger partial charge is 0.326 e. The van der Waals surface area contributed by atoms with Crippen molar-refractivity contribution >= 4 is 0 Å². The van der Waals surface area contributed by atoms with Gasteiger partial charge < -0.3 is 11.5 Å². The monoisotopic (exact) mass is 170 g/mol. The fraction of sp³-hybridized carbons (Fsp3) is 1.00. The molecule has 1 aliphatic rings. The number of hydrogen-bond donors (Lipinski definition) is 2. The van der Waals surface area contributed by atoms with Crippen LogP contribution < -0.4 is 11.5 Å². The van der Waals surface area contributed by atoms with Crippen LogP contribution in [0.3, 0.4) is 0 Å². The molecule has 2 unspecified atom stereocenters. The third-order valence-corrected chi connectivity index (χ3v) is 2.87. The van der Waals surface area contributed by atoms with E-state index in [1.807, 2.05) is 0 Å². The summed E-state index contributed by atoms with van der Waals surface area (Å²) in [6.07, 6.45) is 10.3. The van der Waals surface area contributed by atoms with Crippen molar-refractivity contribution in [3.8, 4) is 0 Å². The van der Waals surface area contributed by atoms with Crippen molar-refractivity contribution in [2.24, 2.45) is 11.5 Å². The minimum Gasteiger partial charge on any atom is -0.326 e. The van der Waals surface area contributed by atoms with Crippen LogP contribution in [0.5, 0.6) is 0 Å². The molecule has 0 heterocycles. The molecule has 0 bridgehead atoms. The van der Waals surface area contributed by atoms with E-state index in [-0.39, 0.29) is 12.1 Å². The highest BCUT2D eigenvalue weighted by atomic mass is 14.8. The molecule has 1 aliphatic carbocycles. The van der Waals surface area contributed by atoms with E-state index < -0.39 is 0 Å². The Morgan fingerprint density at radius 2 is 0.917 bits per heavy atom. The molecule has 0 aromatic carbocycles. The molecule has 0 aromatic rings. The Labute approximate surface area is 75.7 Å². The molecule has 1 rings (SSSR count). The van der Waals surface area contributed by atoms with E-state index in [4.69, 9.17) is 11.5 Å². The second-order valence-electron chi connectivity index (χ2n) is 4.03. The van der Waals surface area contributed by atoms with E-state index in [1.165, 1.54) is 38.5 Å². The molecule has 0 radical (unpaired) electrons. The minimum atomic E-state index is 0.253. The van der Waals surface area contributed by atoms with Gasteiger partial charge in [-0.1, -0.05) is 38.5 Å². The molecule has 1 saturated carbocycles. The minimum absolute atomic E-state index is 0.253. The van der Waals surface area contributed by atoms with Crippen molar-refractivity contribution in [2.75, 3.05) is 0 Å². The first-order valence-electron chi connectivity index (χ1n) is 5.32. The van der Waals surface area contributed by atoms with Gasteiger partial charge in [-0.25, -0.2) is 0 Å². The first-order valence-corrected chi connectivity index (χ1v) is 5.32. The van der Waals surface area contributed by atoms with E-state index in [1.54, 1.807) is 0 Å². The van der Waals surface area contributed by atoms with Gasteiger partial charge in [-0.05, 0) is 12.8 Å². The summed E-state index contributed by atoms with van der Waals surface area (Å²) in [7, 11) is 0. The molecule has 2 atom stereocenters. The molecule has 0 aromatic heterocycles. The van der Waals surface area contributed by atoms with E-state index in [0.29, 0.717) is 0 Å². The molecule has 1 fully saturated rings. The predicted molar refractivity (Wildman–Crippen MR) is 52.9 cm³/mol. The number of nitrogens with two attached hydrogens (primary N) is 2. The highest BCUT2D eigenvalue weighted by Crippen LogP contribution is 2.15. The third kappa shape index (κ3) is 3.55. The number of hydrogen-bond acceptors (Lipinski definition) is 2. The van der Waals surface area contributed by atoms with E-state index in [0.717, 1.165) is 12.8 Å². The SMILES string of the molecule is NC1CCCCCCCCC1N. The van der Waals surface area contributed by atoms with Gasteiger partial charge in [0.25, 0.3) is 0 Å². The summed E-state index contributed by atoms with van der Waals surface area (Å²) in [6.45, 7) is 0. The van der Waals surface area contributed by atoms with Crippen LogP contribution in [0.2, 0.25) is 0 Å². The van der Waals surface area contributed by atoms with Crippen molar-refractivity contribution in [3.05, 3.63) is 0 Å². The highest BCUT2D eigenvalue weighted by Gasteiger charge is 2.13. The average Bonchev–Trinajstić information content (AvgIpc) is 2.08. The molecule has 12 heavy (non-hydrogen) atoms. The van der Waals surface area contributed by atoms with Gasteiger partial charge in [-0.2, -0.15) is 0 Å². The molecular weight excluding hydrogens is 148 g/mol. The fourth-order valence-electron chi connectivity index (χ4n) is 1.90. The maximum Gasteiger partial charge on any atom is 0.0192 e. The maximum absolute atomic E-state index is 5.94. The van der Waals surface area contributed by atoms with Crippen molar-refractivity contribution in [1.82, 2.24) is 0 Å². The topological polar surface area (TPSA) is 52.0 Å². The Hall–Kier alpha value is -0.0800. The van der Waals surface area contributed by atoms with Crippen LogP contribution in [0, 0.1) is 0 Å². The first kappa shape index (κ1) is 10.0. The van der Waals surface area contributed by atoms with Crippen LogP contribution in [-0.2, 0) is 0 Å². The fourth-order valence-corrected chi connectivity index (χ4v) is 1.90. The Morgan fingerprint density at radius 1 is 0.583 bits per heavy atom.